The highest BCUT2D eigenvalue weighted by molar-refractivity contribution is 5.73. The summed E-state index contributed by atoms with van der Waals surface area (Å²) in [6, 6.07) is -0.340. The Kier molecular flexibility index (Phi) is 4.54. The molecular formula is C11H22N2O2. The number of hydrogen-bond donors (Lipinski definition) is 1. The number of carbonyl (C=O) groups is 1. The molecule has 1 saturated heterocycles. The third kappa shape index (κ3) is 3.80. The molecule has 1 aliphatic heterocycles. The minimum absolute atomic E-state index is 0.340. The molecule has 0 radical (unpaired) electrons. The van der Waals surface area contributed by atoms with Gasteiger partial charge in [-0.05, 0) is 45.9 Å². The van der Waals surface area contributed by atoms with Gasteiger partial charge in [-0.2, -0.15) is 0 Å². The molecule has 0 aromatic rings. The first kappa shape index (κ1) is 12.5. The van der Waals surface area contributed by atoms with Gasteiger partial charge in [0.05, 0.1) is 0 Å². The van der Waals surface area contributed by atoms with Crippen LogP contribution in [0.25, 0.3) is 0 Å². The van der Waals surface area contributed by atoms with Crippen molar-refractivity contribution >= 4 is 5.97 Å². The van der Waals surface area contributed by atoms with Crippen LogP contribution in [0, 0.1) is 5.92 Å². The second-order valence-corrected chi connectivity index (χ2v) is 4.83. The molecule has 1 N–H and O–H groups in total. The van der Waals surface area contributed by atoms with Crippen molar-refractivity contribution in [3.05, 3.63) is 0 Å². The Balaban J connectivity index is 2.52. The maximum Gasteiger partial charge on any atom is 0.322 e. The number of rotatable bonds is 4. The molecule has 4 heteroatoms. The molecule has 1 fully saturated rings. The van der Waals surface area contributed by atoms with E-state index in [9.17, 15) is 9.90 Å². The van der Waals surface area contributed by atoms with Crippen LogP contribution in [0.3, 0.4) is 0 Å². The highest BCUT2D eigenvalue weighted by Crippen LogP contribution is 2.18. The molecule has 1 unspecified atom stereocenters. The van der Waals surface area contributed by atoms with Gasteiger partial charge in [0.25, 0.3) is 0 Å². The van der Waals surface area contributed by atoms with Gasteiger partial charge in [0, 0.05) is 6.54 Å². The number of likely N-dealkylation sites (N-methyl/N-ethyl adjacent to an activating group) is 1. The van der Waals surface area contributed by atoms with Crippen LogP contribution in [0.1, 0.15) is 19.8 Å². The number of piperidine rings is 1. The van der Waals surface area contributed by atoms with E-state index in [2.05, 4.69) is 11.8 Å². The van der Waals surface area contributed by atoms with E-state index in [1.54, 1.807) is 0 Å². The molecule has 88 valence electrons. The summed E-state index contributed by atoms with van der Waals surface area (Å²) in [5.74, 6) is 0.0494. The van der Waals surface area contributed by atoms with Gasteiger partial charge in [-0.3, -0.25) is 9.69 Å². The first-order chi connectivity index (χ1) is 7.00. The lowest BCUT2D eigenvalue weighted by molar-refractivity contribution is -0.144. The van der Waals surface area contributed by atoms with Crippen LogP contribution in [0.5, 0.6) is 0 Å². The quantitative estimate of drug-likeness (QED) is 0.749. The summed E-state index contributed by atoms with van der Waals surface area (Å²) < 4.78 is 0. The molecule has 0 aromatic heterocycles. The first-order valence-corrected chi connectivity index (χ1v) is 5.62. The van der Waals surface area contributed by atoms with Crippen LogP contribution >= 0.6 is 0 Å². The Morgan fingerprint density at radius 1 is 1.47 bits per heavy atom. The van der Waals surface area contributed by atoms with Crippen molar-refractivity contribution in [2.45, 2.75) is 25.8 Å². The molecule has 0 spiro atoms. The van der Waals surface area contributed by atoms with E-state index < -0.39 is 5.97 Å². The molecule has 0 aromatic carbocycles. The smallest absolute Gasteiger partial charge is 0.322 e. The Morgan fingerprint density at radius 3 is 2.40 bits per heavy atom. The number of nitrogens with zero attached hydrogens (tertiary/aromatic N) is 2. The lowest BCUT2D eigenvalue weighted by Crippen LogP contribution is -2.50. The topological polar surface area (TPSA) is 43.8 Å². The average Bonchev–Trinajstić information content (AvgIpc) is 2.15. The van der Waals surface area contributed by atoms with Crippen LogP contribution < -0.4 is 0 Å². The minimum atomic E-state index is -0.696. The van der Waals surface area contributed by atoms with Crippen molar-refractivity contribution in [2.75, 3.05) is 33.7 Å². The zero-order chi connectivity index (χ0) is 11.4. The monoisotopic (exact) mass is 214 g/mol. The SMILES string of the molecule is CC1CCN(C(CN(C)C)C(=O)O)CC1. The Bertz CT molecular complexity index is 211. The van der Waals surface area contributed by atoms with Gasteiger partial charge >= 0.3 is 5.97 Å². The Hall–Kier alpha value is -0.610. The molecule has 1 rings (SSSR count). The van der Waals surface area contributed by atoms with E-state index in [-0.39, 0.29) is 6.04 Å². The number of carboxylic acid groups (broad SMARTS) is 1. The average molecular weight is 214 g/mol. The van der Waals surface area contributed by atoms with E-state index in [1.807, 2.05) is 19.0 Å². The predicted molar refractivity (Wildman–Crippen MR) is 59.9 cm³/mol. The van der Waals surface area contributed by atoms with Gasteiger partial charge in [0.1, 0.15) is 6.04 Å². The molecule has 1 atom stereocenters. The zero-order valence-electron chi connectivity index (χ0n) is 9.94. The van der Waals surface area contributed by atoms with Crippen molar-refractivity contribution in [1.82, 2.24) is 9.80 Å². The lowest BCUT2D eigenvalue weighted by Gasteiger charge is -2.35. The summed E-state index contributed by atoms with van der Waals surface area (Å²) in [4.78, 5) is 15.2. The van der Waals surface area contributed by atoms with Crippen LogP contribution in [-0.4, -0.2) is 60.6 Å². The third-order valence-electron chi connectivity index (χ3n) is 3.08. The van der Waals surface area contributed by atoms with Gasteiger partial charge in [0.15, 0.2) is 0 Å². The summed E-state index contributed by atoms with van der Waals surface area (Å²) in [7, 11) is 3.84. The Labute approximate surface area is 91.9 Å². The van der Waals surface area contributed by atoms with E-state index in [0.29, 0.717) is 6.54 Å². The molecule has 1 aliphatic rings. The number of likely N-dealkylation sites (tertiary alicyclic amines) is 1. The van der Waals surface area contributed by atoms with Gasteiger partial charge in [0.2, 0.25) is 0 Å². The molecule has 15 heavy (non-hydrogen) atoms. The van der Waals surface area contributed by atoms with Gasteiger partial charge in [-0.15, -0.1) is 0 Å². The summed E-state index contributed by atoms with van der Waals surface area (Å²) >= 11 is 0. The summed E-state index contributed by atoms with van der Waals surface area (Å²) in [6.45, 7) is 4.68. The van der Waals surface area contributed by atoms with E-state index in [1.165, 1.54) is 0 Å². The second kappa shape index (κ2) is 5.47. The van der Waals surface area contributed by atoms with Crippen molar-refractivity contribution in [3.63, 3.8) is 0 Å². The largest absolute Gasteiger partial charge is 0.480 e. The van der Waals surface area contributed by atoms with E-state index in [0.717, 1.165) is 31.8 Å². The lowest BCUT2D eigenvalue weighted by atomic mass is 9.98. The molecule has 0 saturated carbocycles. The fourth-order valence-corrected chi connectivity index (χ4v) is 2.04. The molecule has 0 bridgehead atoms. The van der Waals surface area contributed by atoms with E-state index in [4.69, 9.17) is 0 Å². The molecule has 0 amide bonds. The molecule has 1 heterocycles. The van der Waals surface area contributed by atoms with Crippen molar-refractivity contribution in [3.8, 4) is 0 Å². The third-order valence-corrected chi connectivity index (χ3v) is 3.08. The fourth-order valence-electron chi connectivity index (χ4n) is 2.04. The van der Waals surface area contributed by atoms with Crippen LogP contribution in [-0.2, 0) is 4.79 Å². The number of hydrogen-bond acceptors (Lipinski definition) is 3. The summed E-state index contributed by atoms with van der Waals surface area (Å²) in [5, 5.41) is 9.17. The maximum atomic E-state index is 11.1. The van der Waals surface area contributed by atoms with Crippen LogP contribution in [0.2, 0.25) is 0 Å². The van der Waals surface area contributed by atoms with Crippen LogP contribution in [0.15, 0.2) is 0 Å². The van der Waals surface area contributed by atoms with Crippen LogP contribution in [0.4, 0.5) is 0 Å². The zero-order valence-corrected chi connectivity index (χ0v) is 9.94. The van der Waals surface area contributed by atoms with Crippen molar-refractivity contribution < 1.29 is 9.90 Å². The van der Waals surface area contributed by atoms with Crippen molar-refractivity contribution in [1.29, 1.82) is 0 Å². The van der Waals surface area contributed by atoms with Gasteiger partial charge < -0.3 is 10.0 Å². The van der Waals surface area contributed by atoms with E-state index >= 15 is 0 Å². The molecule has 0 aliphatic carbocycles. The van der Waals surface area contributed by atoms with Gasteiger partial charge in [-0.25, -0.2) is 0 Å². The van der Waals surface area contributed by atoms with Gasteiger partial charge in [-0.1, -0.05) is 6.92 Å². The minimum Gasteiger partial charge on any atom is -0.480 e. The highest BCUT2D eigenvalue weighted by Gasteiger charge is 2.28. The fraction of sp³-hybridized carbons (Fsp3) is 0.909. The second-order valence-electron chi connectivity index (χ2n) is 4.83. The van der Waals surface area contributed by atoms with Crippen molar-refractivity contribution in [2.24, 2.45) is 5.92 Å². The first-order valence-electron chi connectivity index (χ1n) is 5.62. The highest BCUT2D eigenvalue weighted by atomic mass is 16.4. The number of aliphatic carboxylic acids is 1. The molecule has 4 nitrogen and oxygen atoms in total. The normalized spacial score (nSPS) is 21.9. The summed E-state index contributed by atoms with van der Waals surface area (Å²) in [5.41, 5.74) is 0. The number of carboxylic acids is 1. The predicted octanol–water partition coefficient (Wildman–Crippen LogP) is 0.733. The Morgan fingerprint density at radius 2 is 2.00 bits per heavy atom. The summed E-state index contributed by atoms with van der Waals surface area (Å²) in [6.07, 6.45) is 2.24. The molecular weight excluding hydrogens is 192 g/mol. The maximum absolute atomic E-state index is 11.1. The standard InChI is InChI=1S/C11H22N2O2/c1-9-4-6-13(7-5-9)10(11(14)15)8-12(2)3/h9-10H,4-8H2,1-3H3,(H,14,15).